The van der Waals surface area contributed by atoms with E-state index in [0.717, 1.165) is 5.56 Å². The molecule has 2 aromatic carbocycles. The summed E-state index contributed by atoms with van der Waals surface area (Å²) in [4.78, 5) is 13.7. The lowest BCUT2D eigenvalue weighted by Crippen LogP contribution is -2.60. The van der Waals surface area contributed by atoms with E-state index in [4.69, 9.17) is 18.9 Å². The van der Waals surface area contributed by atoms with Gasteiger partial charge in [-0.3, -0.25) is 4.79 Å². The van der Waals surface area contributed by atoms with E-state index in [-0.39, 0.29) is 37.9 Å². The second kappa shape index (κ2) is 11.3. The monoisotopic (exact) mass is 510 g/mol. The molecule has 2 aliphatic rings. The molecule has 4 atom stereocenters. The van der Waals surface area contributed by atoms with Gasteiger partial charge in [0.25, 0.3) is 5.91 Å². The number of nitrogens with zero attached hydrogens (tertiary/aromatic N) is 1. The van der Waals surface area contributed by atoms with Crippen LogP contribution in [-0.2, 0) is 37.0 Å². The molecule has 1 heterocycles. The van der Waals surface area contributed by atoms with E-state index in [1.165, 1.54) is 6.07 Å². The molecule has 2 aromatic rings. The minimum atomic E-state index is -1.32. The first kappa shape index (κ1) is 27.2. The predicted molar refractivity (Wildman–Crippen MR) is 135 cm³/mol. The van der Waals surface area contributed by atoms with Crippen molar-refractivity contribution in [1.82, 2.24) is 5.32 Å². The molecule has 1 N–H and O–H groups in total. The Balaban J connectivity index is 1.63. The van der Waals surface area contributed by atoms with Gasteiger partial charge >= 0.3 is 0 Å². The number of halogens is 1. The first-order chi connectivity index (χ1) is 17.6. The van der Waals surface area contributed by atoms with Gasteiger partial charge in [-0.1, -0.05) is 50.2 Å². The Morgan fingerprint density at radius 2 is 1.81 bits per heavy atom. The molecule has 37 heavy (non-hydrogen) atoms. The van der Waals surface area contributed by atoms with Gasteiger partial charge in [-0.15, -0.1) is 0 Å². The highest BCUT2D eigenvalue weighted by atomic mass is 19.1. The van der Waals surface area contributed by atoms with Crippen LogP contribution in [0.15, 0.2) is 48.5 Å². The largest absolute Gasteiger partial charge is 0.371 e. The van der Waals surface area contributed by atoms with Gasteiger partial charge in [0.05, 0.1) is 37.1 Å². The standard InChI is InChI=1S/C29H35FN2O5/c1-19(2)16-32-27(33)29(35-18-22-11-7-8-12-23(22)30)13-24(26-25(14-29)36-28(3,4)37-26)34-17-21-10-6-5-9-20(21)15-31/h5-12,19,24-26H,13-14,16-18H2,1-4H3,(H,32,33)/t24-,25+,26-,29+/m0/s1. The van der Waals surface area contributed by atoms with Crippen molar-refractivity contribution in [2.24, 2.45) is 5.92 Å². The topological polar surface area (TPSA) is 89.8 Å². The molecule has 198 valence electrons. The first-order valence-electron chi connectivity index (χ1n) is 12.7. The van der Waals surface area contributed by atoms with Gasteiger partial charge in [-0.05, 0) is 37.5 Å². The van der Waals surface area contributed by atoms with E-state index in [2.05, 4.69) is 11.4 Å². The Bertz CT molecular complexity index is 1150. The van der Waals surface area contributed by atoms with E-state index in [1.807, 2.05) is 39.8 Å². The average Bonchev–Trinajstić information content (AvgIpc) is 3.19. The highest BCUT2D eigenvalue weighted by molar-refractivity contribution is 5.85. The van der Waals surface area contributed by atoms with Crippen molar-refractivity contribution in [3.63, 3.8) is 0 Å². The number of ether oxygens (including phenoxy) is 4. The van der Waals surface area contributed by atoms with Gasteiger partial charge in [0.2, 0.25) is 0 Å². The zero-order valence-corrected chi connectivity index (χ0v) is 21.8. The summed E-state index contributed by atoms with van der Waals surface area (Å²) in [6.45, 7) is 8.24. The minimum absolute atomic E-state index is 0.0760. The second-order valence-corrected chi connectivity index (χ2v) is 10.6. The Morgan fingerprint density at radius 1 is 1.11 bits per heavy atom. The molecule has 4 rings (SSSR count). The fraction of sp³-hybridized carbons (Fsp3) is 0.517. The van der Waals surface area contributed by atoms with Crippen LogP contribution < -0.4 is 5.32 Å². The van der Waals surface area contributed by atoms with Crippen LogP contribution in [0.2, 0.25) is 0 Å². The molecular formula is C29H35FN2O5. The summed E-state index contributed by atoms with van der Waals surface area (Å²) < 4.78 is 39.5. The van der Waals surface area contributed by atoms with E-state index in [9.17, 15) is 14.4 Å². The fourth-order valence-electron chi connectivity index (χ4n) is 4.95. The average molecular weight is 511 g/mol. The van der Waals surface area contributed by atoms with Crippen molar-refractivity contribution < 1.29 is 28.1 Å². The van der Waals surface area contributed by atoms with Crippen LogP contribution >= 0.6 is 0 Å². The first-order valence-corrected chi connectivity index (χ1v) is 12.7. The summed E-state index contributed by atoms with van der Waals surface area (Å²) in [6, 6.07) is 15.8. The van der Waals surface area contributed by atoms with Crippen LogP contribution in [0.4, 0.5) is 4.39 Å². The summed E-state index contributed by atoms with van der Waals surface area (Å²) in [7, 11) is 0. The maximum Gasteiger partial charge on any atom is 0.252 e. The van der Waals surface area contributed by atoms with Gasteiger partial charge in [0, 0.05) is 24.9 Å². The van der Waals surface area contributed by atoms with Crippen LogP contribution in [0.5, 0.6) is 0 Å². The second-order valence-electron chi connectivity index (χ2n) is 10.6. The smallest absolute Gasteiger partial charge is 0.252 e. The molecule has 7 nitrogen and oxygen atoms in total. The molecule has 0 spiro atoms. The maximum atomic E-state index is 14.4. The molecule has 1 amide bonds. The summed E-state index contributed by atoms with van der Waals surface area (Å²) >= 11 is 0. The Kier molecular flexibility index (Phi) is 8.29. The van der Waals surface area contributed by atoms with Crippen LogP contribution in [-0.4, -0.2) is 42.2 Å². The molecule has 1 aliphatic carbocycles. The maximum absolute atomic E-state index is 14.4. The van der Waals surface area contributed by atoms with E-state index in [1.54, 1.807) is 30.3 Å². The minimum Gasteiger partial charge on any atom is -0.371 e. The summed E-state index contributed by atoms with van der Waals surface area (Å²) in [5.41, 5.74) is 0.314. The zero-order valence-electron chi connectivity index (χ0n) is 21.8. The number of hydrogen-bond donors (Lipinski definition) is 1. The third-order valence-corrected chi connectivity index (χ3v) is 6.79. The molecule has 1 saturated heterocycles. The molecule has 0 aromatic heterocycles. The van der Waals surface area contributed by atoms with Crippen molar-refractivity contribution in [2.75, 3.05) is 6.54 Å². The van der Waals surface area contributed by atoms with Gasteiger partial charge in [0.15, 0.2) is 11.4 Å². The quantitative estimate of drug-likeness (QED) is 0.529. The van der Waals surface area contributed by atoms with Crippen molar-refractivity contribution >= 4 is 5.91 Å². The highest BCUT2D eigenvalue weighted by Gasteiger charge is 2.58. The van der Waals surface area contributed by atoms with Crippen molar-refractivity contribution in [1.29, 1.82) is 5.26 Å². The molecule has 0 bridgehead atoms. The lowest BCUT2D eigenvalue weighted by molar-refractivity contribution is -0.183. The number of nitriles is 1. The Morgan fingerprint density at radius 3 is 2.51 bits per heavy atom. The Labute approximate surface area is 217 Å². The number of carbonyl (C=O) groups is 1. The van der Waals surface area contributed by atoms with Gasteiger partial charge < -0.3 is 24.3 Å². The summed E-state index contributed by atoms with van der Waals surface area (Å²) in [5, 5.41) is 12.5. The number of carbonyl (C=O) groups excluding carboxylic acids is 1. The van der Waals surface area contributed by atoms with Gasteiger partial charge in [0.1, 0.15) is 11.9 Å². The molecule has 1 saturated carbocycles. The normalized spacial score (nSPS) is 26.5. The summed E-state index contributed by atoms with van der Waals surface area (Å²) in [6.07, 6.45) is -1.01. The van der Waals surface area contributed by atoms with Crippen molar-refractivity contribution in [3.05, 3.63) is 71.0 Å². The van der Waals surface area contributed by atoms with Crippen LogP contribution in [0.25, 0.3) is 0 Å². The van der Waals surface area contributed by atoms with Gasteiger partial charge in [-0.2, -0.15) is 5.26 Å². The number of benzene rings is 2. The fourth-order valence-corrected chi connectivity index (χ4v) is 4.95. The van der Waals surface area contributed by atoms with Crippen LogP contribution in [0, 0.1) is 23.1 Å². The van der Waals surface area contributed by atoms with Gasteiger partial charge in [-0.25, -0.2) is 4.39 Å². The molecule has 0 radical (unpaired) electrons. The molecule has 2 fully saturated rings. The number of rotatable bonds is 9. The number of amides is 1. The zero-order chi connectivity index (χ0) is 26.6. The molecule has 0 unspecified atom stereocenters. The third-order valence-electron chi connectivity index (χ3n) is 6.79. The number of fused-ring (bicyclic) bond motifs is 1. The summed E-state index contributed by atoms with van der Waals surface area (Å²) in [5.74, 6) is -1.30. The molecular weight excluding hydrogens is 475 g/mol. The van der Waals surface area contributed by atoms with Crippen LogP contribution in [0.3, 0.4) is 0 Å². The van der Waals surface area contributed by atoms with Crippen LogP contribution in [0.1, 0.15) is 57.2 Å². The van der Waals surface area contributed by atoms with Crippen molar-refractivity contribution in [3.8, 4) is 6.07 Å². The van der Waals surface area contributed by atoms with E-state index in [0.29, 0.717) is 17.7 Å². The lowest BCUT2D eigenvalue weighted by atomic mass is 9.78. The Hall–Kier alpha value is -2.83. The third kappa shape index (κ3) is 6.36. The number of hydrogen-bond acceptors (Lipinski definition) is 6. The van der Waals surface area contributed by atoms with E-state index >= 15 is 0 Å². The van der Waals surface area contributed by atoms with E-state index < -0.39 is 35.5 Å². The SMILES string of the molecule is CC(C)CNC(=O)[C@@]1(OCc2ccccc2F)C[C@H](OCc2ccccc2C#N)[C@@H]2OC(C)(C)O[C@@H]2C1. The number of nitrogens with one attached hydrogen (secondary N) is 1. The molecule has 1 aliphatic heterocycles. The van der Waals surface area contributed by atoms with Crippen molar-refractivity contribution in [2.45, 2.75) is 83.5 Å². The molecule has 8 heteroatoms. The lowest BCUT2D eigenvalue weighted by Gasteiger charge is -2.43. The highest BCUT2D eigenvalue weighted by Crippen LogP contribution is 2.44. The predicted octanol–water partition coefficient (Wildman–Crippen LogP) is 4.62.